The van der Waals surface area contributed by atoms with E-state index in [0.29, 0.717) is 0 Å². The Bertz CT molecular complexity index is 697. The van der Waals surface area contributed by atoms with E-state index in [4.69, 9.17) is 5.73 Å². The summed E-state index contributed by atoms with van der Waals surface area (Å²) < 4.78 is 15.1. The lowest BCUT2D eigenvalue weighted by Gasteiger charge is -2.40. The molecule has 2 aromatic rings. The van der Waals surface area contributed by atoms with Crippen LogP contribution < -0.4 is 5.73 Å². The molecule has 1 aromatic carbocycles. The van der Waals surface area contributed by atoms with Crippen molar-refractivity contribution in [1.82, 2.24) is 14.7 Å². The van der Waals surface area contributed by atoms with E-state index >= 15 is 0 Å². The second-order valence-corrected chi connectivity index (χ2v) is 6.48. The van der Waals surface area contributed by atoms with Crippen LogP contribution in [0.25, 0.3) is 0 Å². The Kier molecular flexibility index (Phi) is 4.94. The van der Waals surface area contributed by atoms with Gasteiger partial charge in [0, 0.05) is 12.2 Å². The van der Waals surface area contributed by atoms with Gasteiger partial charge in [0.25, 0.3) is 0 Å². The van der Waals surface area contributed by atoms with Gasteiger partial charge in [0.05, 0.1) is 12.7 Å². The van der Waals surface area contributed by atoms with E-state index in [2.05, 4.69) is 10.00 Å². The molecule has 5 nitrogen and oxygen atoms in total. The standard InChI is InChI=1S/C18H23FN4O/c1-13-10-21-22(11-13)12-16-4-2-3-9-23(16)17(18(20)24)14-5-7-15(19)8-6-14/h5-8,10-11,16-17H,2-4,9,12H2,1H3,(H2,20,24)/t16-,17+/m0/s1. The number of amides is 1. The van der Waals surface area contributed by atoms with E-state index in [1.54, 1.807) is 12.1 Å². The molecule has 0 radical (unpaired) electrons. The van der Waals surface area contributed by atoms with Crippen molar-refractivity contribution in [3.63, 3.8) is 0 Å². The Morgan fingerprint density at radius 1 is 1.38 bits per heavy atom. The van der Waals surface area contributed by atoms with Crippen molar-refractivity contribution >= 4 is 5.91 Å². The Morgan fingerprint density at radius 3 is 2.75 bits per heavy atom. The highest BCUT2D eigenvalue weighted by Gasteiger charge is 2.33. The lowest BCUT2D eigenvalue weighted by Crippen LogP contribution is -2.48. The highest BCUT2D eigenvalue weighted by molar-refractivity contribution is 5.81. The smallest absolute Gasteiger partial charge is 0.239 e. The summed E-state index contributed by atoms with van der Waals surface area (Å²) in [5, 5.41) is 4.36. The highest BCUT2D eigenvalue weighted by atomic mass is 19.1. The number of aromatic nitrogens is 2. The number of carbonyl (C=O) groups is 1. The third kappa shape index (κ3) is 3.64. The van der Waals surface area contributed by atoms with Gasteiger partial charge in [0.2, 0.25) is 5.91 Å². The molecule has 6 heteroatoms. The second-order valence-electron chi connectivity index (χ2n) is 6.48. The van der Waals surface area contributed by atoms with E-state index in [9.17, 15) is 9.18 Å². The van der Waals surface area contributed by atoms with Gasteiger partial charge in [-0.25, -0.2) is 4.39 Å². The fourth-order valence-corrected chi connectivity index (χ4v) is 3.51. The molecule has 2 N–H and O–H groups in total. The fraction of sp³-hybridized carbons (Fsp3) is 0.444. The molecule has 1 aliphatic rings. The first-order chi connectivity index (χ1) is 11.5. The SMILES string of the molecule is Cc1cnn(C[C@@H]2CCCCN2[C@@H](C(N)=O)c2ccc(F)cc2)c1. The first-order valence-corrected chi connectivity index (χ1v) is 8.34. The summed E-state index contributed by atoms with van der Waals surface area (Å²) in [5.41, 5.74) is 7.56. The number of carbonyl (C=O) groups excluding carboxylic acids is 1. The van der Waals surface area contributed by atoms with Crippen molar-refractivity contribution in [2.45, 2.75) is 44.8 Å². The van der Waals surface area contributed by atoms with Crippen LogP contribution in [0.15, 0.2) is 36.7 Å². The molecule has 0 spiro atoms. The summed E-state index contributed by atoms with van der Waals surface area (Å²) in [7, 11) is 0. The first kappa shape index (κ1) is 16.6. The number of halogens is 1. The Hall–Kier alpha value is -2.21. The zero-order valence-electron chi connectivity index (χ0n) is 13.9. The van der Waals surface area contributed by atoms with Gasteiger partial charge in [-0.3, -0.25) is 14.4 Å². The number of likely N-dealkylation sites (tertiary alicyclic amines) is 1. The lowest BCUT2D eigenvalue weighted by atomic mass is 9.95. The summed E-state index contributed by atoms with van der Waals surface area (Å²) >= 11 is 0. The molecule has 128 valence electrons. The maximum Gasteiger partial charge on any atom is 0.239 e. The monoisotopic (exact) mass is 330 g/mol. The minimum absolute atomic E-state index is 0.181. The van der Waals surface area contributed by atoms with Gasteiger partial charge in [0.1, 0.15) is 11.9 Å². The van der Waals surface area contributed by atoms with Crippen LogP contribution in [0.4, 0.5) is 4.39 Å². The van der Waals surface area contributed by atoms with Crippen molar-refractivity contribution in [2.24, 2.45) is 5.73 Å². The molecule has 0 saturated carbocycles. The van der Waals surface area contributed by atoms with Gasteiger partial charge < -0.3 is 5.73 Å². The maximum absolute atomic E-state index is 13.2. The average molecular weight is 330 g/mol. The van der Waals surface area contributed by atoms with Gasteiger partial charge in [-0.15, -0.1) is 0 Å². The van der Waals surface area contributed by atoms with E-state index in [0.717, 1.165) is 43.5 Å². The fourth-order valence-electron chi connectivity index (χ4n) is 3.51. The second kappa shape index (κ2) is 7.13. The third-order valence-corrected chi connectivity index (χ3v) is 4.62. The van der Waals surface area contributed by atoms with Gasteiger partial charge in [-0.05, 0) is 49.6 Å². The number of nitrogens with zero attached hydrogens (tertiary/aromatic N) is 3. The van der Waals surface area contributed by atoms with Crippen molar-refractivity contribution in [2.75, 3.05) is 6.54 Å². The molecular weight excluding hydrogens is 307 g/mol. The van der Waals surface area contributed by atoms with E-state index in [1.165, 1.54) is 12.1 Å². The number of hydrogen-bond donors (Lipinski definition) is 1. The van der Waals surface area contributed by atoms with Crippen LogP contribution in [-0.2, 0) is 11.3 Å². The van der Waals surface area contributed by atoms with E-state index in [1.807, 2.05) is 24.0 Å². The van der Waals surface area contributed by atoms with Crippen LogP contribution >= 0.6 is 0 Å². The molecule has 0 unspecified atom stereocenters. The molecule has 2 heterocycles. The zero-order valence-corrected chi connectivity index (χ0v) is 13.9. The van der Waals surface area contributed by atoms with Gasteiger partial charge in [-0.1, -0.05) is 18.6 Å². The normalized spacial score (nSPS) is 20.0. The number of hydrogen-bond acceptors (Lipinski definition) is 3. The lowest BCUT2D eigenvalue weighted by molar-refractivity contribution is -0.125. The third-order valence-electron chi connectivity index (χ3n) is 4.62. The Morgan fingerprint density at radius 2 is 2.12 bits per heavy atom. The molecule has 1 saturated heterocycles. The van der Waals surface area contributed by atoms with Crippen molar-refractivity contribution in [1.29, 1.82) is 0 Å². The van der Waals surface area contributed by atoms with Crippen LogP contribution in [0.5, 0.6) is 0 Å². The number of aryl methyl sites for hydroxylation is 1. The van der Waals surface area contributed by atoms with E-state index in [-0.39, 0.29) is 11.9 Å². The molecule has 2 atom stereocenters. The summed E-state index contributed by atoms with van der Waals surface area (Å²) in [6.45, 7) is 3.53. The predicted molar refractivity (Wildman–Crippen MR) is 89.6 cm³/mol. The van der Waals surface area contributed by atoms with Crippen LogP contribution in [0.2, 0.25) is 0 Å². The molecule has 1 aromatic heterocycles. The number of benzene rings is 1. The predicted octanol–water partition coefficient (Wildman–Crippen LogP) is 2.41. The largest absolute Gasteiger partial charge is 0.368 e. The molecule has 24 heavy (non-hydrogen) atoms. The Balaban J connectivity index is 1.85. The van der Waals surface area contributed by atoms with Crippen molar-refractivity contribution in [3.05, 3.63) is 53.6 Å². The van der Waals surface area contributed by atoms with Gasteiger partial charge in [-0.2, -0.15) is 5.10 Å². The van der Waals surface area contributed by atoms with Crippen LogP contribution in [0.1, 0.15) is 36.4 Å². The quantitative estimate of drug-likeness (QED) is 0.916. The average Bonchev–Trinajstić information content (AvgIpc) is 2.96. The van der Waals surface area contributed by atoms with Gasteiger partial charge >= 0.3 is 0 Å². The summed E-state index contributed by atoms with van der Waals surface area (Å²) in [6, 6.07) is 5.69. The molecule has 1 fully saturated rings. The van der Waals surface area contributed by atoms with Crippen LogP contribution in [0, 0.1) is 12.7 Å². The van der Waals surface area contributed by atoms with Crippen molar-refractivity contribution < 1.29 is 9.18 Å². The maximum atomic E-state index is 13.2. The molecule has 1 amide bonds. The van der Waals surface area contributed by atoms with Crippen LogP contribution in [0.3, 0.4) is 0 Å². The summed E-state index contributed by atoms with van der Waals surface area (Å²) in [6.07, 6.45) is 6.97. The minimum atomic E-state index is -0.535. The summed E-state index contributed by atoms with van der Waals surface area (Å²) in [4.78, 5) is 14.3. The number of piperidine rings is 1. The number of primary amides is 1. The Labute approximate surface area is 141 Å². The molecule has 0 bridgehead atoms. The van der Waals surface area contributed by atoms with Crippen LogP contribution in [-0.4, -0.2) is 33.2 Å². The molecule has 1 aliphatic heterocycles. The highest BCUT2D eigenvalue weighted by Crippen LogP contribution is 2.29. The molecule has 0 aliphatic carbocycles. The first-order valence-electron chi connectivity index (χ1n) is 8.34. The zero-order chi connectivity index (χ0) is 17.1. The minimum Gasteiger partial charge on any atom is -0.368 e. The molecule has 3 rings (SSSR count). The van der Waals surface area contributed by atoms with Crippen molar-refractivity contribution in [3.8, 4) is 0 Å². The number of nitrogens with two attached hydrogens (primary N) is 1. The van der Waals surface area contributed by atoms with Gasteiger partial charge in [0.15, 0.2) is 0 Å². The number of rotatable bonds is 5. The topological polar surface area (TPSA) is 64.2 Å². The van der Waals surface area contributed by atoms with E-state index < -0.39 is 11.9 Å². The molecular formula is C18H23FN4O. The summed E-state index contributed by atoms with van der Waals surface area (Å²) in [5.74, 6) is -0.714.